The summed E-state index contributed by atoms with van der Waals surface area (Å²) in [6, 6.07) is 4.86. The zero-order chi connectivity index (χ0) is 12.4. The third kappa shape index (κ3) is 2.55. The number of nitrogens with one attached hydrogen (secondary N) is 1. The van der Waals surface area contributed by atoms with Crippen molar-refractivity contribution < 1.29 is 19.1 Å². The number of rotatable bonds is 2. The van der Waals surface area contributed by atoms with Crippen molar-refractivity contribution in [1.82, 2.24) is 0 Å². The molecule has 0 spiro atoms. The van der Waals surface area contributed by atoms with Crippen LogP contribution >= 0.6 is 0 Å². The molecule has 0 fully saturated rings. The van der Waals surface area contributed by atoms with Gasteiger partial charge in [-0.25, -0.2) is 0 Å². The lowest BCUT2D eigenvalue weighted by Crippen LogP contribution is -2.25. The molecule has 0 saturated carbocycles. The molecular weight excluding hydrogens is 222 g/mol. The fourth-order valence-corrected chi connectivity index (χ4v) is 1.35. The van der Waals surface area contributed by atoms with Gasteiger partial charge < -0.3 is 14.8 Å². The Bertz CT molecular complexity index is 468. The molecule has 1 aliphatic heterocycles. The molecule has 0 atom stereocenters. The largest absolute Gasteiger partial charge is 0.481 e. The summed E-state index contributed by atoms with van der Waals surface area (Å²) in [4.78, 5) is 22.5. The van der Waals surface area contributed by atoms with Crippen LogP contribution in [-0.4, -0.2) is 18.5 Å². The monoisotopic (exact) mass is 235 g/mol. The summed E-state index contributed by atoms with van der Waals surface area (Å²) in [6.07, 6.45) is 0. The molecule has 0 aliphatic carbocycles. The first-order valence-electron chi connectivity index (χ1n) is 5.34. The summed E-state index contributed by atoms with van der Waals surface area (Å²) < 4.78 is 10.4. The molecule has 1 aromatic carbocycles. The second-order valence-electron chi connectivity index (χ2n) is 4.07. The van der Waals surface area contributed by atoms with E-state index >= 15 is 0 Å². The standard InChI is InChI=1S/C12H13NO4/c1-7(2)12(15)17-8-3-4-9-10(5-8)16-6-11(14)13-9/h3-5,7H,6H2,1-2H3,(H,13,14). The molecule has 1 N–H and O–H groups in total. The second-order valence-corrected chi connectivity index (χ2v) is 4.07. The quantitative estimate of drug-likeness (QED) is 0.624. The summed E-state index contributed by atoms with van der Waals surface area (Å²) in [5, 5.41) is 2.66. The van der Waals surface area contributed by atoms with Gasteiger partial charge in [0.1, 0.15) is 11.5 Å². The van der Waals surface area contributed by atoms with E-state index in [9.17, 15) is 9.59 Å². The lowest BCUT2D eigenvalue weighted by molar-refractivity contribution is -0.137. The molecule has 17 heavy (non-hydrogen) atoms. The third-order valence-electron chi connectivity index (χ3n) is 2.28. The number of carbonyl (C=O) groups is 2. The van der Waals surface area contributed by atoms with Crippen molar-refractivity contribution in [3.05, 3.63) is 18.2 Å². The molecule has 1 aromatic rings. The van der Waals surface area contributed by atoms with E-state index in [2.05, 4.69) is 5.32 Å². The van der Waals surface area contributed by atoms with Gasteiger partial charge in [-0.15, -0.1) is 0 Å². The Morgan fingerprint density at radius 1 is 1.47 bits per heavy atom. The van der Waals surface area contributed by atoms with Crippen molar-refractivity contribution in [3.63, 3.8) is 0 Å². The number of amides is 1. The SMILES string of the molecule is CC(C)C(=O)Oc1ccc2c(c1)OCC(=O)N2. The van der Waals surface area contributed by atoms with Crippen LogP contribution in [0.3, 0.4) is 0 Å². The second kappa shape index (κ2) is 4.45. The van der Waals surface area contributed by atoms with Gasteiger partial charge in [-0.1, -0.05) is 13.8 Å². The maximum atomic E-state index is 11.4. The van der Waals surface area contributed by atoms with Crippen LogP contribution in [-0.2, 0) is 9.59 Å². The van der Waals surface area contributed by atoms with E-state index in [1.807, 2.05) is 0 Å². The highest BCUT2D eigenvalue weighted by Gasteiger charge is 2.17. The molecular formula is C12H13NO4. The van der Waals surface area contributed by atoms with E-state index in [0.717, 1.165) is 0 Å². The number of hydrogen-bond acceptors (Lipinski definition) is 4. The summed E-state index contributed by atoms with van der Waals surface area (Å²) in [5.41, 5.74) is 0.589. The molecule has 0 radical (unpaired) electrons. The minimum atomic E-state index is -0.301. The van der Waals surface area contributed by atoms with Crippen LogP contribution in [0.25, 0.3) is 0 Å². The van der Waals surface area contributed by atoms with Crippen molar-refractivity contribution >= 4 is 17.6 Å². The molecule has 5 heteroatoms. The van der Waals surface area contributed by atoms with Crippen LogP contribution < -0.4 is 14.8 Å². The van der Waals surface area contributed by atoms with Gasteiger partial charge in [-0.2, -0.15) is 0 Å². The van der Waals surface area contributed by atoms with Gasteiger partial charge in [0, 0.05) is 6.07 Å². The molecule has 0 aromatic heterocycles. The zero-order valence-electron chi connectivity index (χ0n) is 9.65. The van der Waals surface area contributed by atoms with E-state index in [1.165, 1.54) is 0 Å². The van der Waals surface area contributed by atoms with Crippen LogP contribution in [0.5, 0.6) is 11.5 Å². The third-order valence-corrected chi connectivity index (χ3v) is 2.28. The number of fused-ring (bicyclic) bond motifs is 1. The maximum Gasteiger partial charge on any atom is 0.313 e. The number of anilines is 1. The average Bonchev–Trinajstić information content (AvgIpc) is 2.29. The van der Waals surface area contributed by atoms with Gasteiger partial charge in [0.05, 0.1) is 11.6 Å². The first-order chi connectivity index (χ1) is 8.06. The molecule has 5 nitrogen and oxygen atoms in total. The molecule has 2 rings (SSSR count). The van der Waals surface area contributed by atoms with Crippen LogP contribution in [0.2, 0.25) is 0 Å². The van der Waals surface area contributed by atoms with Crippen molar-refractivity contribution in [2.24, 2.45) is 5.92 Å². The van der Waals surface area contributed by atoms with Gasteiger partial charge in [0.2, 0.25) is 0 Å². The van der Waals surface area contributed by atoms with Gasteiger partial charge >= 0.3 is 5.97 Å². The minimum absolute atomic E-state index is 0.0193. The summed E-state index contributed by atoms with van der Waals surface area (Å²) in [7, 11) is 0. The zero-order valence-corrected chi connectivity index (χ0v) is 9.65. The minimum Gasteiger partial charge on any atom is -0.481 e. The van der Waals surface area contributed by atoms with Crippen LogP contribution in [0.15, 0.2) is 18.2 Å². The highest BCUT2D eigenvalue weighted by Crippen LogP contribution is 2.31. The normalized spacial score (nSPS) is 13.7. The fourth-order valence-electron chi connectivity index (χ4n) is 1.35. The maximum absolute atomic E-state index is 11.4. The number of esters is 1. The summed E-state index contributed by atoms with van der Waals surface area (Å²) >= 11 is 0. The van der Waals surface area contributed by atoms with Crippen molar-refractivity contribution in [3.8, 4) is 11.5 Å². The number of ether oxygens (including phenoxy) is 2. The number of hydrogen-bond donors (Lipinski definition) is 1. The number of carbonyl (C=O) groups excluding carboxylic acids is 2. The highest BCUT2D eigenvalue weighted by atomic mass is 16.5. The predicted molar refractivity (Wildman–Crippen MR) is 61.0 cm³/mol. The van der Waals surface area contributed by atoms with Crippen LogP contribution in [0.4, 0.5) is 5.69 Å². The molecule has 1 aliphatic rings. The molecule has 1 heterocycles. The number of benzene rings is 1. The van der Waals surface area contributed by atoms with Gasteiger partial charge in [-0.3, -0.25) is 9.59 Å². The first-order valence-corrected chi connectivity index (χ1v) is 5.34. The Morgan fingerprint density at radius 3 is 2.94 bits per heavy atom. The molecule has 1 amide bonds. The molecule has 0 unspecified atom stereocenters. The Kier molecular flexibility index (Phi) is 2.99. The topological polar surface area (TPSA) is 64.6 Å². The van der Waals surface area contributed by atoms with E-state index < -0.39 is 0 Å². The van der Waals surface area contributed by atoms with Gasteiger partial charge in [-0.05, 0) is 12.1 Å². The van der Waals surface area contributed by atoms with Gasteiger partial charge in [0.15, 0.2) is 6.61 Å². The van der Waals surface area contributed by atoms with E-state index in [-0.39, 0.29) is 24.4 Å². The lowest BCUT2D eigenvalue weighted by Gasteiger charge is -2.18. The molecule has 90 valence electrons. The Balaban J connectivity index is 2.17. The first kappa shape index (κ1) is 11.4. The van der Waals surface area contributed by atoms with Gasteiger partial charge in [0.25, 0.3) is 5.91 Å². The smallest absolute Gasteiger partial charge is 0.313 e. The Labute approximate surface area is 98.7 Å². The Morgan fingerprint density at radius 2 is 2.24 bits per heavy atom. The van der Waals surface area contributed by atoms with Crippen LogP contribution in [0, 0.1) is 5.92 Å². The van der Waals surface area contributed by atoms with Crippen LogP contribution in [0.1, 0.15) is 13.8 Å². The van der Waals surface area contributed by atoms with E-state index in [0.29, 0.717) is 17.2 Å². The summed E-state index contributed by atoms with van der Waals surface area (Å²) in [6.45, 7) is 3.50. The van der Waals surface area contributed by atoms with Crippen molar-refractivity contribution in [1.29, 1.82) is 0 Å². The average molecular weight is 235 g/mol. The summed E-state index contributed by atoms with van der Waals surface area (Å²) in [5.74, 6) is 0.248. The predicted octanol–water partition coefficient (Wildman–Crippen LogP) is 1.58. The highest BCUT2D eigenvalue weighted by molar-refractivity contribution is 5.95. The Hall–Kier alpha value is -2.04. The molecule has 0 bridgehead atoms. The van der Waals surface area contributed by atoms with Crippen molar-refractivity contribution in [2.75, 3.05) is 11.9 Å². The van der Waals surface area contributed by atoms with Crippen molar-refractivity contribution in [2.45, 2.75) is 13.8 Å². The fraction of sp³-hybridized carbons (Fsp3) is 0.333. The van der Waals surface area contributed by atoms with E-state index in [4.69, 9.17) is 9.47 Å². The van der Waals surface area contributed by atoms with E-state index in [1.54, 1.807) is 32.0 Å². The molecule has 0 saturated heterocycles. The lowest BCUT2D eigenvalue weighted by atomic mass is 10.2.